The van der Waals surface area contributed by atoms with Crippen LogP contribution in [0.1, 0.15) is 71.2 Å². The molecule has 1 spiro atoms. The number of hydrogen-bond donors (Lipinski definition) is 0. The Kier molecular flexibility index (Phi) is 8.16. The third-order valence-corrected chi connectivity index (χ3v) is 8.39. The van der Waals surface area contributed by atoms with E-state index in [9.17, 15) is 22.8 Å². The van der Waals surface area contributed by atoms with Crippen molar-refractivity contribution < 1.29 is 32.2 Å². The number of likely N-dealkylation sites (tertiary alicyclic amines) is 1. The number of nitrogens with zero attached hydrogens (tertiary/aromatic N) is 2. The summed E-state index contributed by atoms with van der Waals surface area (Å²) in [7, 11) is 0. The van der Waals surface area contributed by atoms with E-state index in [1.165, 1.54) is 12.1 Å². The molecule has 6 nitrogen and oxygen atoms in total. The number of amides is 2. The third kappa shape index (κ3) is 6.24. The van der Waals surface area contributed by atoms with Crippen LogP contribution in [-0.4, -0.2) is 67.1 Å². The summed E-state index contributed by atoms with van der Waals surface area (Å²) in [6, 6.07) is 12.0. The van der Waals surface area contributed by atoms with E-state index >= 15 is 0 Å². The van der Waals surface area contributed by atoms with E-state index in [0.717, 1.165) is 44.2 Å². The van der Waals surface area contributed by atoms with Crippen molar-refractivity contribution >= 4 is 11.8 Å². The van der Waals surface area contributed by atoms with E-state index in [1.54, 1.807) is 4.90 Å². The Hall–Kier alpha value is -3.07. The lowest BCUT2D eigenvalue weighted by Crippen LogP contribution is -2.45. The molecule has 2 fully saturated rings. The summed E-state index contributed by atoms with van der Waals surface area (Å²) < 4.78 is 51.9. The van der Waals surface area contributed by atoms with Gasteiger partial charge in [0.2, 0.25) is 0 Å². The zero-order chi connectivity index (χ0) is 27.5. The number of fused-ring (bicyclic) bond motifs is 2. The number of hydrogen-bond acceptors (Lipinski definition) is 4. The predicted octanol–water partition coefficient (Wildman–Crippen LogP) is 5.81. The monoisotopic (exact) mass is 544 g/mol. The number of carbonyl (C=O) groups excluding carboxylic acids is 2. The molecule has 0 saturated carbocycles. The number of alkyl halides is 3. The van der Waals surface area contributed by atoms with Crippen LogP contribution in [0.3, 0.4) is 0 Å². The highest BCUT2D eigenvalue weighted by Gasteiger charge is 2.38. The molecule has 2 aromatic rings. The van der Waals surface area contributed by atoms with Crippen molar-refractivity contribution in [1.82, 2.24) is 9.80 Å². The van der Waals surface area contributed by atoms with Crippen molar-refractivity contribution in [2.24, 2.45) is 5.41 Å². The minimum absolute atomic E-state index is 0.0377. The Morgan fingerprint density at radius 3 is 2.54 bits per heavy atom. The minimum Gasteiger partial charge on any atom is -0.492 e. The smallest absolute Gasteiger partial charge is 0.416 e. The fourth-order valence-corrected chi connectivity index (χ4v) is 6.02. The summed E-state index contributed by atoms with van der Waals surface area (Å²) in [4.78, 5) is 30.1. The molecule has 0 bridgehead atoms. The van der Waals surface area contributed by atoms with E-state index < -0.39 is 11.7 Å². The molecule has 3 aliphatic heterocycles. The van der Waals surface area contributed by atoms with E-state index in [2.05, 4.69) is 0 Å². The topological polar surface area (TPSA) is 59.1 Å². The summed E-state index contributed by atoms with van der Waals surface area (Å²) in [5.41, 5.74) is -0.431. The lowest BCUT2D eigenvalue weighted by atomic mass is 9.75. The first-order valence-electron chi connectivity index (χ1n) is 13.8. The summed E-state index contributed by atoms with van der Waals surface area (Å²) in [6.45, 7) is 3.16. The van der Waals surface area contributed by atoms with E-state index in [-0.39, 0.29) is 28.8 Å². The molecule has 2 saturated heterocycles. The molecule has 0 unspecified atom stereocenters. The van der Waals surface area contributed by atoms with E-state index in [4.69, 9.17) is 9.47 Å². The lowest BCUT2D eigenvalue weighted by molar-refractivity contribution is -0.137. The molecule has 0 N–H and O–H groups in total. The number of ether oxygens (including phenoxy) is 2. The zero-order valence-corrected chi connectivity index (χ0v) is 22.0. The summed E-state index contributed by atoms with van der Waals surface area (Å²) in [5, 5.41) is 0. The quantitative estimate of drug-likeness (QED) is 0.455. The van der Waals surface area contributed by atoms with Gasteiger partial charge in [-0.2, -0.15) is 13.2 Å². The molecule has 210 valence electrons. The number of benzene rings is 2. The molecule has 0 aromatic heterocycles. The van der Waals surface area contributed by atoms with Crippen molar-refractivity contribution in [3.05, 3.63) is 65.2 Å². The maximum Gasteiger partial charge on any atom is 0.416 e. The lowest BCUT2D eigenvalue weighted by Gasteiger charge is -2.42. The fourth-order valence-electron chi connectivity index (χ4n) is 6.02. The van der Waals surface area contributed by atoms with E-state index in [0.29, 0.717) is 63.6 Å². The number of halogens is 3. The van der Waals surface area contributed by atoms with Gasteiger partial charge in [-0.1, -0.05) is 24.6 Å². The van der Waals surface area contributed by atoms with Gasteiger partial charge in [0.1, 0.15) is 5.75 Å². The van der Waals surface area contributed by atoms with Gasteiger partial charge in [-0.25, -0.2) is 0 Å². The average Bonchev–Trinajstić information content (AvgIpc) is 3.41. The molecule has 2 amide bonds. The van der Waals surface area contributed by atoms with Crippen LogP contribution < -0.4 is 4.74 Å². The van der Waals surface area contributed by atoms with Gasteiger partial charge in [-0.3, -0.25) is 9.59 Å². The standard InChI is InChI=1S/C30H35F3N2O4/c31-30(32,33)23-8-5-7-22(19-23)27(36)34-16-13-29(14-17-34)12-3-4-18-38-20-24-9-6-15-35(24)28(37)25-10-1-2-11-26(25)39-21-29/h1-2,5,7-8,10-11,19,24H,3-4,6,9,12-18,20-21H2/t24-/m0/s1. The van der Waals surface area contributed by atoms with Crippen LogP contribution in [0.4, 0.5) is 13.2 Å². The average molecular weight is 545 g/mol. The first-order valence-corrected chi connectivity index (χ1v) is 13.8. The maximum atomic E-state index is 13.5. The van der Waals surface area contributed by atoms with E-state index in [1.807, 2.05) is 29.2 Å². The summed E-state index contributed by atoms with van der Waals surface area (Å²) >= 11 is 0. The minimum atomic E-state index is -4.50. The highest BCUT2D eigenvalue weighted by Crippen LogP contribution is 2.39. The SMILES string of the molecule is O=C(c1cccc(C(F)(F)F)c1)N1CCC2(CCCCOC[C@@H]3CCCN3C(=O)c3ccccc3OC2)CC1. The Labute approximate surface area is 227 Å². The number of carbonyl (C=O) groups is 2. The van der Waals surface area contributed by atoms with Crippen LogP contribution >= 0.6 is 0 Å². The molecule has 2 aromatic carbocycles. The Balaban J connectivity index is 1.31. The van der Waals surface area contributed by atoms with Crippen LogP contribution in [0, 0.1) is 5.41 Å². The van der Waals surface area contributed by atoms with Crippen LogP contribution in [0.5, 0.6) is 5.75 Å². The van der Waals surface area contributed by atoms with Crippen molar-refractivity contribution in [1.29, 1.82) is 0 Å². The summed E-state index contributed by atoms with van der Waals surface area (Å²) in [5.74, 6) is 0.138. The second kappa shape index (κ2) is 11.6. The van der Waals surface area contributed by atoms with Crippen LogP contribution in [0.2, 0.25) is 0 Å². The molecular weight excluding hydrogens is 509 g/mol. The molecule has 0 radical (unpaired) electrons. The summed E-state index contributed by atoms with van der Waals surface area (Å²) in [6.07, 6.45) is 1.46. The van der Waals surface area contributed by atoms with Crippen LogP contribution in [0.25, 0.3) is 0 Å². The van der Waals surface area contributed by atoms with Crippen molar-refractivity contribution in [3.8, 4) is 5.75 Å². The van der Waals surface area contributed by atoms with Crippen molar-refractivity contribution in [3.63, 3.8) is 0 Å². The predicted molar refractivity (Wildman–Crippen MR) is 140 cm³/mol. The van der Waals surface area contributed by atoms with Gasteiger partial charge in [0.05, 0.1) is 30.4 Å². The molecule has 3 aliphatic rings. The Morgan fingerprint density at radius 1 is 0.949 bits per heavy atom. The fraction of sp³-hybridized carbons (Fsp3) is 0.533. The van der Waals surface area contributed by atoms with Crippen LogP contribution in [0.15, 0.2) is 48.5 Å². The molecule has 5 rings (SSSR count). The molecular formula is C30H35F3N2O4. The largest absolute Gasteiger partial charge is 0.492 e. The first-order chi connectivity index (χ1) is 18.8. The Morgan fingerprint density at radius 2 is 1.74 bits per heavy atom. The molecule has 3 heterocycles. The van der Waals surface area contributed by atoms with Gasteiger partial charge in [0, 0.05) is 37.2 Å². The second-order valence-electron chi connectivity index (χ2n) is 11.0. The first kappa shape index (κ1) is 27.5. The second-order valence-corrected chi connectivity index (χ2v) is 11.0. The molecule has 39 heavy (non-hydrogen) atoms. The Bertz CT molecular complexity index is 1180. The van der Waals surface area contributed by atoms with Gasteiger partial charge in [-0.15, -0.1) is 0 Å². The van der Waals surface area contributed by atoms with Gasteiger partial charge >= 0.3 is 6.18 Å². The van der Waals surface area contributed by atoms with Crippen LogP contribution in [-0.2, 0) is 10.9 Å². The maximum absolute atomic E-state index is 13.5. The number of para-hydroxylation sites is 1. The number of rotatable bonds is 1. The number of piperidine rings is 1. The molecule has 1 atom stereocenters. The van der Waals surface area contributed by atoms with Crippen molar-refractivity contribution in [2.45, 2.75) is 57.2 Å². The third-order valence-electron chi connectivity index (χ3n) is 8.39. The van der Waals surface area contributed by atoms with Gasteiger partial charge in [0.25, 0.3) is 11.8 Å². The highest BCUT2D eigenvalue weighted by atomic mass is 19.4. The molecule has 9 heteroatoms. The van der Waals surface area contributed by atoms with Gasteiger partial charge in [-0.05, 0) is 68.9 Å². The normalized spacial score (nSPS) is 22.5. The van der Waals surface area contributed by atoms with Crippen molar-refractivity contribution in [2.75, 3.05) is 39.5 Å². The zero-order valence-electron chi connectivity index (χ0n) is 22.0. The van der Waals surface area contributed by atoms with Gasteiger partial charge < -0.3 is 19.3 Å². The molecule has 0 aliphatic carbocycles. The van der Waals surface area contributed by atoms with Gasteiger partial charge in [0.15, 0.2) is 0 Å². The highest BCUT2D eigenvalue weighted by molar-refractivity contribution is 5.97.